The number of alkyl halides is 3. The van der Waals surface area contributed by atoms with Crippen molar-refractivity contribution in [3.63, 3.8) is 0 Å². The molecule has 0 saturated carbocycles. The van der Waals surface area contributed by atoms with Gasteiger partial charge in [0.1, 0.15) is 0 Å². The lowest BCUT2D eigenvalue weighted by Gasteiger charge is -2.49. The lowest BCUT2D eigenvalue weighted by atomic mass is 9.82. The number of hydrogen-bond donors (Lipinski definition) is 1. The molecule has 1 amide bonds. The number of benzene rings is 2. The van der Waals surface area contributed by atoms with E-state index in [0.29, 0.717) is 31.6 Å². The molecule has 4 nitrogen and oxygen atoms in total. The lowest BCUT2D eigenvalue weighted by molar-refractivity contribution is -0.137. The van der Waals surface area contributed by atoms with Gasteiger partial charge in [0, 0.05) is 38.4 Å². The second kappa shape index (κ2) is 8.30. The van der Waals surface area contributed by atoms with Crippen molar-refractivity contribution in [3.8, 4) is 0 Å². The van der Waals surface area contributed by atoms with Gasteiger partial charge in [0.2, 0.25) is 5.91 Å². The summed E-state index contributed by atoms with van der Waals surface area (Å²) in [5.41, 5.74) is 1.99. The van der Waals surface area contributed by atoms with E-state index in [-0.39, 0.29) is 17.9 Å². The number of nitrogens with zero attached hydrogens (tertiary/aromatic N) is 2. The van der Waals surface area contributed by atoms with Gasteiger partial charge < -0.3 is 10.2 Å². The van der Waals surface area contributed by atoms with Crippen LogP contribution in [0.2, 0.25) is 0 Å². The second-order valence-electron chi connectivity index (χ2n) is 8.03. The molecule has 0 bridgehead atoms. The van der Waals surface area contributed by atoms with E-state index >= 15 is 0 Å². The molecule has 2 aromatic carbocycles. The van der Waals surface area contributed by atoms with Crippen molar-refractivity contribution in [1.82, 2.24) is 10.2 Å². The zero-order chi connectivity index (χ0) is 21.3. The fraction of sp³-hybridized carbons (Fsp3) is 0.435. The molecule has 1 N–H and O–H groups in total. The zero-order valence-corrected chi connectivity index (χ0v) is 17.0. The van der Waals surface area contributed by atoms with Crippen LogP contribution >= 0.6 is 0 Å². The summed E-state index contributed by atoms with van der Waals surface area (Å²) in [5.74, 6) is -0.461. The van der Waals surface area contributed by atoms with Gasteiger partial charge in [-0.1, -0.05) is 30.3 Å². The average Bonchev–Trinajstić information content (AvgIpc) is 2.73. The van der Waals surface area contributed by atoms with Crippen molar-refractivity contribution in [3.05, 3.63) is 65.2 Å². The van der Waals surface area contributed by atoms with E-state index in [1.807, 2.05) is 25.1 Å². The molecule has 1 fully saturated rings. The van der Waals surface area contributed by atoms with Gasteiger partial charge in [0.05, 0.1) is 17.5 Å². The third-order valence-corrected chi connectivity index (χ3v) is 6.06. The van der Waals surface area contributed by atoms with Gasteiger partial charge in [0.25, 0.3) is 0 Å². The molecule has 7 heteroatoms. The first kappa shape index (κ1) is 20.7. The summed E-state index contributed by atoms with van der Waals surface area (Å²) in [6.07, 6.45) is -4.06. The highest BCUT2D eigenvalue weighted by atomic mass is 19.4. The third kappa shape index (κ3) is 4.17. The van der Waals surface area contributed by atoms with Crippen LogP contribution in [-0.4, -0.2) is 43.0 Å². The fourth-order valence-corrected chi connectivity index (χ4v) is 4.65. The molecule has 0 aliphatic carbocycles. The molecule has 2 heterocycles. The van der Waals surface area contributed by atoms with Crippen LogP contribution in [0.3, 0.4) is 0 Å². The Labute approximate surface area is 174 Å². The number of anilines is 1. The SMILES string of the molecule is CCNC(=O)C1Cc2cc(C(F)(F)F)ccc2N2CCN(Cc3ccccc3)CC12. The van der Waals surface area contributed by atoms with Crippen molar-refractivity contribution < 1.29 is 18.0 Å². The van der Waals surface area contributed by atoms with Gasteiger partial charge in [-0.05, 0) is 42.7 Å². The van der Waals surface area contributed by atoms with Crippen molar-refractivity contribution in [2.75, 3.05) is 31.1 Å². The summed E-state index contributed by atoms with van der Waals surface area (Å²) in [4.78, 5) is 17.3. The highest BCUT2D eigenvalue weighted by Gasteiger charge is 2.42. The molecule has 2 atom stereocenters. The minimum Gasteiger partial charge on any atom is -0.365 e. The number of carbonyl (C=O) groups is 1. The van der Waals surface area contributed by atoms with Crippen LogP contribution in [0, 0.1) is 5.92 Å². The van der Waals surface area contributed by atoms with Crippen LogP contribution in [0.15, 0.2) is 48.5 Å². The average molecular weight is 417 g/mol. The molecule has 4 rings (SSSR count). The van der Waals surface area contributed by atoms with Crippen molar-refractivity contribution in [1.29, 1.82) is 0 Å². The van der Waals surface area contributed by atoms with Gasteiger partial charge in [-0.25, -0.2) is 0 Å². The maximum absolute atomic E-state index is 13.2. The van der Waals surface area contributed by atoms with E-state index in [1.54, 1.807) is 6.07 Å². The summed E-state index contributed by atoms with van der Waals surface area (Å²) in [7, 11) is 0. The standard InChI is InChI=1S/C23H26F3N3O/c1-2-27-22(30)19-13-17-12-18(23(24,25)26)8-9-20(17)29-11-10-28(15-21(19)29)14-16-6-4-3-5-7-16/h3-9,12,19,21H,2,10-11,13-15H2,1H3,(H,27,30). The van der Waals surface area contributed by atoms with Crippen LogP contribution in [0.5, 0.6) is 0 Å². The molecule has 30 heavy (non-hydrogen) atoms. The number of halogens is 3. The first-order chi connectivity index (χ1) is 14.4. The van der Waals surface area contributed by atoms with Crippen LogP contribution < -0.4 is 10.2 Å². The zero-order valence-electron chi connectivity index (χ0n) is 17.0. The number of hydrogen-bond acceptors (Lipinski definition) is 3. The number of amides is 1. The van der Waals surface area contributed by atoms with E-state index in [2.05, 4.69) is 27.2 Å². The predicted octanol–water partition coefficient (Wildman–Crippen LogP) is 3.70. The van der Waals surface area contributed by atoms with Crippen molar-refractivity contribution in [2.45, 2.75) is 32.1 Å². The number of piperazine rings is 1. The van der Waals surface area contributed by atoms with Gasteiger partial charge >= 0.3 is 6.18 Å². The highest BCUT2D eigenvalue weighted by molar-refractivity contribution is 5.82. The Morgan fingerprint density at radius 1 is 1.13 bits per heavy atom. The van der Waals surface area contributed by atoms with E-state index in [1.165, 1.54) is 11.6 Å². The monoisotopic (exact) mass is 417 g/mol. The van der Waals surface area contributed by atoms with Gasteiger partial charge in [-0.2, -0.15) is 13.2 Å². The quantitative estimate of drug-likeness (QED) is 0.824. The molecule has 2 aromatic rings. The summed E-state index contributed by atoms with van der Waals surface area (Å²) in [6.45, 7) is 5.35. The Balaban J connectivity index is 1.62. The molecule has 0 aromatic heterocycles. The summed E-state index contributed by atoms with van der Waals surface area (Å²) in [5, 5.41) is 2.88. The summed E-state index contributed by atoms with van der Waals surface area (Å²) >= 11 is 0. The Morgan fingerprint density at radius 3 is 2.60 bits per heavy atom. The molecular formula is C23H26F3N3O. The Hall–Kier alpha value is -2.54. The van der Waals surface area contributed by atoms with Crippen LogP contribution in [0.25, 0.3) is 0 Å². The smallest absolute Gasteiger partial charge is 0.365 e. The second-order valence-corrected chi connectivity index (χ2v) is 8.03. The van der Waals surface area contributed by atoms with Gasteiger partial charge in [0.15, 0.2) is 0 Å². The lowest BCUT2D eigenvalue weighted by Crippen LogP contribution is -2.60. The molecule has 2 aliphatic rings. The highest BCUT2D eigenvalue weighted by Crippen LogP contribution is 2.39. The number of fused-ring (bicyclic) bond motifs is 3. The molecule has 2 unspecified atom stereocenters. The minimum atomic E-state index is -4.39. The number of carbonyl (C=O) groups excluding carboxylic acids is 1. The van der Waals surface area contributed by atoms with Crippen LogP contribution in [0.1, 0.15) is 23.6 Å². The van der Waals surface area contributed by atoms with Crippen LogP contribution in [0.4, 0.5) is 18.9 Å². The normalized spacial score (nSPS) is 21.7. The Bertz CT molecular complexity index is 900. The molecule has 1 saturated heterocycles. The van der Waals surface area contributed by atoms with Crippen molar-refractivity contribution >= 4 is 11.6 Å². The van der Waals surface area contributed by atoms with Crippen LogP contribution in [-0.2, 0) is 23.9 Å². The molecule has 2 aliphatic heterocycles. The summed E-state index contributed by atoms with van der Waals surface area (Å²) in [6, 6.07) is 14.1. The minimum absolute atomic E-state index is 0.0572. The first-order valence-electron chi connectivity index (χ1n) is 10.4. The molecular weight excluding hydrogens is 391 g/mol. The molecule has 160 valence electrons. The largest absolute Gasteiger partial charge is 0.416 e. The Kier molecular flexibility index (Phi) is 5.73. The third-order valence-electron chi connectivity index (χ3n) is 6.06. The first-order valence-corrected chi connectivity index (χ1v) is 10.4. The number of rotatable bonds is 4. The van der Waals surface area contributed by atoms with Crippen molar-refractivity contribution in [2.24, 2.45) is 5.92 Å². The van der Waals surface area contributed by atoms with Gasteiger partial charge in [-0.3, -0.25) is 9.69 Å². The van der Waals surface area contributed by atoms with E-state index in [4.69, 9.17) is 0 Å². The van der Waals surface area contributed by atoms with E-state index < -0.39 is 11.7 Å². The Morgan fingerprint density at radius 2 is 1.90 bits per heavy atom. The topological polar surface area (TPSA) is 35.6 Å². The maximum atomic E-state index is 13.2. The van der Waals surface area contributed by atoms with E-state index in [0.717, 1.165) is 24.8 Å². The number of nitrogens with one attached hydrogen (secondary N) is 1. The molecule has 0 radical (unpaired) electrons. The van der Waals surface area contributed by atoms with Gasteiger partial charge in [-0.15, -0.1) is 0 Å². The van der Waals surface area contributed by atoms with E-state index in [9.17, 15) is 18.0 Å². The predicted molar refractivity (Wildman–Crippen MR) is 110 cm³/mol. The molecule has 0 spiro atoms. The summed E-state index contributed by atoms with van der Waals surface area (Å²) < 4.78 is 39.7. The maximum Gasteiger partial charge on any atom is 0.416 e. The fourth-order valence-electron chi connectivity index (χ4n) is 4.65.